The Kier molecular flexibility index (Phi) is 9.67. The molecule has 2 heterocycles. The lowest BCUT2D eigenvalue weighted by Gasteiger charge is -2.25. The van der Waals surface area contributed by atoms with Crippen LogP contribution in [0.4, 0.5) is 0 Å². The van der Waals surface area contributed by atoms with Crippen molar-refractivity contribution in [3.63, 3.8) is 0 Å². The number of carbonyl (C=O) groups excluding carboxylic acids is 1. The molecule has 8 nitrogen and oxygen atoms in total. The van der Waals surface area contributed by atoms with Crippen LogP contribution in [0.15, 0.2) is 103 Å². The number of methoxy groups -OCH3 is 2. The van der Waals surface area contributed by atoms with E-state index in [0.717, 1.165) is 21.9 Å². The van der Waals surface area contributed by atoms with E-state index in [0.29, 0.717) is 59.0 Å². The van der Waals surface area contributed by atoms with Gasteiger partial charge in [0.15, 0.2) is 16.3 Å². The van der Waals surface area contributed by atoms with Crippen LogP contribution >= 0.6 is 43.2 Å². The van der Waals surface area contributed by atoms with Crippen molar-refractivity contribution >= 4 is 66.0 Å². The largest absolute Gasteiger partial charge is 0.496 e. The van der Waals surface area contributed by atoms with Crippen molar-refractivity contribution in [2.24, 2.45) is 4.99 Å². The van der Waals surface area contributed by atoms with Crippen LogP contribution in [0.2, 0.25) is 0 Å². The number of allylic oxidation sites excluding steroid dienone is 1. The van der Waals surface area contributed by atoms with Gasteiger partial charge in [0.05, 0.1) is 51.6 Å². The van der Waals surface area contributed by atoms with E-state index in [1.807, 2.05) is 48.5 Å². The van der Waals surface area contributed by atoms with Gasteiger partial charge in [-0.15, -0.1) is 0 Å². The van der Waals surface area contributed by atoms with Gasteiger partial charge in [0, 0.05) is 0 Å². The molecule has 0 amide bonds. The second-order valence-corrected chi connectivity index (χ2v) is 13.4. The number of rotatable bonds is 9. The van der Waals surface area contributed by atoms with Gasteiger partial charge in [0.2, 0.25) is 0 Å². The van der Waals surface area contributed by atoms with E-state index in [4.69, 9.17) is 18.9 Å². The molecule has 0 spiro atoms. The minimum Gasteiger partial charge on any atom is -0.496 e. The fourth-order valence-corrected chi connectivity index (χ4v) is 7.82. The van der Waals surface area contributed by atoms with Crippen molar-refractivity contribution < 1.29 is 23.7 Å². The first kappa shape index (κ1) is 32.7. The Morgan fingerprint density at radius 3 is 2.49 bits per heavy atom. The van der Waals surface area contributed by atoms with Gasteiger partial charge in [-0.1, -0.05) is 59.9 Å². The minimum absolute atomic E-state index is 0.192. The summed E-state index contributed by atoms with van der Waals surface area (Å²) in [6.45, 7) is 4.04. The Labute approximate surface area is 291 Å². The molecule has 11 heteroatoms. The van der Waals surface area contributed by atoms with Crippen LogP contribution in [-0.4, -0.2) is 31.4 Å². The molecular weight excluding hydrogens is 748 g/mol. The Balaban J connectivity index is 1.40. The summed E-state index contributed by atoms with van der Waals surface area (Å²) in [5.74, 6) is 1.18. The van der Waals surface area contributed by atoms with E-state index >= 15 is 0 Å². The molecule has 0 unspecified atom stereocenters. The predicted octanol–water partition coefficient (Wildman–Crippen LogP) is 7.07. The number of fused-ring (bicyclic) bond motifs is 2. The summed E-state index contributed by atoms with van der Waals surface area (Å²) in [5.41, 5.74) is 3.00. The molecule has 0 saturated heterocycles. The quantitative estimate of drug-likeness (QED) is 0.149. The topological polar surface area (TPSA) is 88.4 Å². The van der Waals surface area contributed by atoms with Crippen LogP contribution < -0.4 is 29.1 Å². The Hall–Kier alpha value is -4.19. The molecule has 0 bridgehead atoms. The van der Waals surface area contributed by atoms with Gasteiger partial charge >= 0.3 is 5.97 Å². The van der Waals surface area contributed by atoms with E-state index in [2.05, 4.69) is 55.1 Å². The molecule has 4 aromatic carbocycles. The van der Waals surface area contributed by atoms with Crippen LogP contribution in [-0.2, 0) is 16.1 Å². The van der Waals surface area contributed by atoms with Gasteiger partial charge in [0.1, 0.15) is 12.4 Å². The summed E-state index contributed by atoms with van der Waals surface area (Å²) >= 11 is 8.46. The standard InChI is InChI=1S/C36H30Br2N2O6S/c1-5-45-35(42)31-20(2)39-36-40(32(31)23-13-14-28(43-3)26(37)18-23)34(41)30(47-36)17-21-15-27(38)33(29(16-21)44-4)46-19-24-11-8-10-22-9-6-7-12-25(22)24/h6-18,32H,5,19H2,1-4H3/b30-17+/t32-/m1/s1. The SMILES string of the molecule is CCOC(=O)C1=C(C)N=c2s/c(=C/c3cc(Br)c(OCc4cccc5ccccc45)c(OC)c3)c(=O)n2[C@@H]1c1ccc(OC)c(Br)c1. The maximum atomic E-state index is 14.1. The third kappa shape index (κ3) is 6.39. The number of nitrogens with zero attached hydrogens (tertiary/aromatic N) is 2. The Morgan fingerprint density at radius 2 is 1.74 bits per heavy atom. The molecule has 1 aliphatic rings. The minimum atomic E-state index is -0.749. The molecule has 0 radical (unpaired) electrons. The number of thiazole rings is 1. The summed E-state index contributed by atoms with van der Waals surface area (Å²) in [6.07, 6.45) is 1.79. The van der Waals surface area contributed by atoms with Gasteiger partial charge < -0.3 is 18.9 Å². The summed E-state index contributed by atoms with van der Waals surface area (Å²) in [5, 5.41) is 2.27. The van der Waals surface area contributed by atoms with Crippen LogP contribution in [0, 0.1) is 0 Å². The number of ether oxygens (including phenoxy) is 4. The van der Waals surface area contributed by atoms with Gasteiger partial charge in [0.25, 0.3) is 5.56 Å². The van der Waals surface area contributed by atoms with Gasteiger partial charge in [-0.3, -0.25) is 9.36 Å². The van der Waals surface area contributed by atoms with E-state index in [1.54, 1.807) is 44.8 Å². The molecule has 6 rings (SSSR count). The van der Waals surface area contributed by atoms with Crippen molar-refractivity contribution in [1.82, 2.24) is 4.57 Å². The molecular formula is C36H30Br2N2O6S. The number of benzene rings is 4. The first-order valence-electron chi connectivity index (χ1n) is 14.7. The van der Waals surface area contributed by atoms with E-state index < -0.39 is 12.0 Å². The third-order valence-corrected chi connectivity index (χ3v) is 10.0. The van der Waals surface area contributed by atoms with Gasteiger partial charge in [-0.05, 0) is 104 Å². The van der Waals surface area contributed by atoms with Crippen molar-refractivity contribution in [2.75, 3.05) is 20.8 Å². The second-order valence-electron chi connectivity index (χ2n) is 10.7. The van der Waals surface area contributed by atoms with Crippen molar-refractivity contribution in [2.45, 2.75) is 26.5 Å². The van der Waals surface area contributed by atoms with E-state index in [1.165, 1.54) is 11.3 Å². The Bertz CT molecular complexity index is 2240. The van der Waals surface area contributed by atoms with Crippen LogP contribution in [0.3, 0.4) is 0 Å². The highest BCUT2D eigenvalue weighted by molar-refractivity contribution is 9.11. The molecule has 1 aliphatic heterocycles. The molecule has 1 aromatic heterocycles. The number of halogens is 2. The zero-order valence-corrected chi connectivity index (χ0v) is 30.0. The van der Waals surface area contributed by atoms with Crippen LogP contribution in [0.5, 0.6) is 17.2 Å². The zero-order chi connectivity index (χ0) is 33.2. The average molecular weight is 779 g/mol. The lowest BCUT2D eigenvalue weighted by Crippen LogP contribution is -2.40. The molecule has 0 fully saturated rings. The highest BCUT2D eigenvalue weighted by Crippen LogP contribution is 2.38. The first-order chi connectivity index (χ1) is 22.7. The number of hydrogen-bond donors (Lipinski definition) is 0. The fraction of sp³-hybridized carbons (Fsp3) is 0.194. The average Bonchev–Trinajstić information content (AvgIpc) is 3.36. The van der Waals surface area contributed by atoms with Gasteiger partial charge in [-0.25, -0.2) is 9.79 Å². The molecule has 0 aliphatic carbocycles. The van der Waals surface area contributed by atoms with Crippen molar-refractivity contribution in [1.29, 1.82) is 0 Å². The van der Waals surface area contributed by atoms with Crippen LogP contribution in [0.25, 0.3) is 16.8 Å². The number of hydrogen-bond acceptors (Lipinski definition) is 8. The van der Waals surface area contributed by atoms with Crippen molar-refractivity contribution in [3.05, 3.63) is 129 Å². The third-order valence-electron chi connectivity index (χ3n) is 7.81. The summed E-state index contributed by atoms with van der Waals surface area (Å²) in [4.78, 5) is 32.5. The number of aromatic nitrogens is 1. The normalized spacial score (nSPS) is 14.5. The van der Waals surface area contributed by atoms with E-state index in [9.17, 15) is 9.59 Å². The van der Waals surface area contributed by atoms with E-state index in [-0.39, 0.29) is 12.2 Å². The monoisotopic (exact) mass is 776 g/mol. The van der Waals surface area contributed by atoms with Gasteiger partial charge in [-0.2, -0.15) is 0 Å². The zero-order valence-electron chi connectivity index (χ0n) is 26.0. The second kappa shape index (κ2) is 13.9. The molecule has 0 saturated carbocycles. The summed E-state index contributed by atoms with van der Waals surface area (Å²) in [7, 11) is 3.16. The molecule has 1 atom stereocenters. The highest BCUT2D eigenvalue weighted by Gasteiger charge is 2.33. The summed E-state index contributed by atoms with van der Waals surface area (Å²) < 4.78 is 26.2. The molecule has 5 aromatic rings. The number of esters is 1. The summed E-state index contributed by atoms with van der Waals surface area (Å²) in [6, 6.07) is 22.7. The maximum Gasteiger partial charge on any atom is 0.338 e. The van der Waals surface area contributed by atoms with Crippen LogP contribution in [0.1, 0.15) is 36.6 Å². The molecule has 47 heavy (non-hydrogen) atoms. The lowest BCUT2D eigenvalue weighted by molar-refractivity contribution is -0.139. The Morgan fingerprint density at radius 1 is 0.979 bits per heavy atom. The van der Waals surface area contributed by atoms with Crippen molar-refractivity contribution in [3.8, 4) is 17.2 Å². The number of carbonyl (C=O) groups is 1. The lowest BCUT2D eigenvalue weighted by atomic mass is 9.96. The molecule has 0 N–H and O–H groups in total. The molecule has 240 valence electrons. The maximum absolute atomic E-state index is 14.1. The highest BCUT2D eigenvalue weighted by atomic mass is 79.9. The fourth-order valence-electron chi connectivity index (χ4n) is 5.64. The smallest absolute Gasteiger partial charge is 0.338 e. The first-order valence-corrected chi connectivity index (χ1v) is 17.1. The predicted molar refractivity (Wildman–Crippen MR) is 190 cm³/mol.